The molecule has 4 aromatic heterocycles. The second-order valence-electron chi connectivity index (χ2n) is 18.7. The molecular weight excluding hydrogens is 759 g/mol. The molecule has 6 nitrogen and oxygen atoms in total. The first kappa shape index (κ1) is 34.6. The van der Waals surface area contributed by atoms with E-state index in [9.17, 15) is 0 Å². The molecule has 7 aromatic carbocycles. The van der Waals surface area contributed by atoms with Gasteiger partial charge < -0.3 is 13.6 Å². The molecule has 0 aliphatic heterocycles. The molecule has 3 fully saturated rings. The number of nitrogens with zero attached hydrogens (tertiary/aromatic N) is 5. The number of fused-ring (bicyclic) bond motifs is 14. The Balaban J connectivity index is 1.02. The minimum Gasteiger partial charge on any atom is -0.455 e. The number of hydrogen-bond donors (Lipinski definition) is 0. The van der Waals surface area contributed by atoms with Gasteiger partial charge >= 0.3 is 0 Å². The van der Waals surface area contributed by atoms with Gasteiger partial charge in [0, 0.05) is 49.5 Å². The molecule has 0 radical (unpaired) electrons. The van der Waals surface area contributed by atoms with Gasteiger partial charge in [0.05, 0.1) is 32.8 Å². The zero-order valence-electron chi connectivity index (χ0n) is 34.5. The largest absolute Gasteiger partial charge is 0.455 e. The normalized spacial score (nSPS) is 22.0. The maximum Gasteiger partial charge on any atom is 0.163 e. The van der Waals surface area contributed by atoms with Crippen LogP contribution in [0.5, 0.6) is 0 Å². The first-order valence-electron chi connectivity index (χ1n) is 22.4. The van der Waals surface area contributed by atoms with Crippen molar-refractivity contribution in [2.24, 2.45) is 23.7 Å². The lowest BCUT2D eigenvalue weighted by Gasteiger charge is -2.46. The molecule has 0 amide bonds. The number of para-hydroxylation sites is 4. The Morgan fingerprint density at radius 1 is 0.500 bits per heavy atom. The predicted molar refractivity (Wildman–Crippen MR) is 251 cm³/mol. The Kier molecular flexibility index (Phi) is 7.12. The SMILES string of the molecule is CC1(c2nc(-c3ccccc3)nc(-c3ccc(-n4c5ccccc5c5c6oc7ccccc7c6c6c(c7ccccc7n6-c6ccccc6)c54)cc3)n2)CC2CC3CC(C2)C1C3. The summed E-state index contributed by atoms with van der Waals surface area (Å²) in [5, 5.41) is 6.94. The maximum absolute atomic E-state index is 7.00. The van der Waals surface area contributed by atoms with Crippen LogP contribution >= 0.6 is 0 Å². The molecule has 5 unspecified atom stereocenters. The van der Waals surface area contributed by atoms with Gasteiger partial charge in [0.15, 0.2) is 11.6 Å². The molecule has 4 heterocycles. The van der Waals surface area contributed by atoms with Crippen molar-refractivity contribution in [1.29, 1.82) is 0 Å². The molecule has 298 valence electrons. The molecule has 11 aromatic rings. The van der Waals surface area contributed by atoms with E-state index >= 15 is 0 Å². The summed E-state index contributed by atoms with van der Waals surface area (Å²) in [5.41, 5.74) is 10.5. The second-order valence-corrected chi connectivity index (χ2v) is 18.7. The van der Waals surface area contributed by atoms with Gasteiger partial charge in [-0.3, -0.25) is 0 Å². The van der Waals surface area contributed by atoms with Crippen LogP contribution in [0.2, 0.25) is 0 Å². The molecule has 6 heteroatoms. The summed E-state index contributed by atoms with van der Waals surface area (Å²) in [6.45, 7) is 2.47. The maximum atomic E-state index is 7.00. The van der Waals surface area contributed by atoms with Crippen LogP contribution in [0.25, 0.3) is 99.7 Å². The number of benzene rings is 7. The molecular formula is C56H43N5O. The topological polar surface area (TPSA) is 61.7 Å². The van der Waals surface area contributed by atoms with E-state index in [1.807, 2.05) is 0 Å². The summed E-state index contributed by atoms with van der Waals surface area (Å²) in [7, 11) is 0. The van der Waals surface area contributed by atoms with E-state index in [0.717, 1.165) is 113 Å². The molecule has 3 aliphatic rings. The summed E-state index contributed by atoms with van der Waals surface area (Å²) in [4.78, 5) is 16.0. The van der Waals surface area contributed by atoms with Crippen LogP contribution in [-0.2, 0) is 5.41 Å². The molecule has 0 spiro atoms. The molecule has 3 saturated carbocycles. The number of furan rings is 1. The van der Waals surface area contributed by atoms with Crippen molar-refractivity contribution >= 4 is 65.6 Å². The van der Waals surface area contributed by atoms with Crippen molar-refractivity contribution in [3.63, 3.8) is 0 Å². The highest BCUT2D eigenvalue weighted by Crippen LogP contribution is 2.62. The fourth-order valence-corrected chi connectivity index (χ4v) is 12.9. The summed E-state index contributed by atoms with van der Waals surface area (Å²) < 4.78 is 11.9. The van der Waals surface area contributed by atoms with Crippen molar-refractivity contribution < 1.29 is 4.42 Å². The Morgan fingerprint density at radius 3 is 1.76 bits per heavy atom. The van der Waals surface area contributed by atoms with Crippen molar-refractivity contribution in [1.82, 2.24) is 24.1 Å². The molecule has 14 rings (SSSR count). The fraction of sp³-hybridized carbons (Fsp3) is 0.196. The van der Waals surface area contributed by atoms with Crippen molar-refractivity contribution in [2.75, 3.05) is 0 Å². The van der Waals surface area contributed by atoms with Gasteiger partial charge in [0.1, 0.15) is 17.0 Å². The first-order valence-corrected chi connectivity index (χ1v) is 22.4. The van der Waals surface area contributed by atoms with E-state index in [0.29, 0.717) is 5.92 Å². The highest BCUT2D eigenvalue weighted by Gasteiger charge is 2.56. The predicted octanol–water partition coefficient (Wildman–Crippen LogP) is 14.0. The Bertz CT molecular complexity index is 3600. The molecule has 62 heavy (non-hydrogen) atoms. The Labute approximate surface area is 358 Å². The highest BCUT2D eigenvalue weighted by atomic mass is 16.3. The number of rotatable bonds is 5. The second kappa shape index (κ2) is 12.7. The van der Waals surface area contributed by atoms with Crippen molar-refractivity contribution in [3.8, 4) is 34.2 Å². The van der Waals surface area contributed by atoms with Crippen molar-refractivity contribution in [2.45, 2.75) is 44.4 Å². The lowest BCUT2D eigenvalue weighted by atomic mass is 9.59. The first-order chi connectivity index (χ1) is 30.6. The quantitative estimate of drug-likeness (QED) is 0.174. The van der Waals surface area contributed by atoms with Crippen LogP contribution in [0.3, 0.4) is 0 Å². The van der Waals surface area contributed by atoms with Crippen LogP contribution in [0.4, 0.5) is 0 Å². The van der Waals surface area contributed by atoms with Crippen LogP contribution in [0.1, 0.15) is 44.9 Å². The van der Waals surface area contributed by atoms with E-state index in [4.69, 9.17) is 19.4 Å². The number of hydrogen-bond acceptors (Lipinski definition) is 4. The monoisotopic (exact) mass is 801 g/mol. The summed E-state index contributed by atoms with van der Waals surface area (Å²) in [5.74, 6) is 5.53. The van der Waals surface area contributed by atoms with Crippen LogP contribution < -0.4 is 0 Å². The highest BCUT2D eigenvalue weighted by molar-refractivity contribution is 6.39. The van der Waals surface area contributed by atoms with Crippen molar-refractivity contribution in [3.05, 3.63) is 164 Å². The van der Waals surface area contributed by atoms with Gasteiger partial charge in [-0.15, -0.1) is 0 Å². The molecule has 3 bridgehead atoms. The smallest absolute Gasteiger partial charge is 0.163 e. The zero-order valence-corrected chi connectivity index (χ0v) is 34.5. The Hall–Kier alpha value is -7.05. The van der Waals surface area contributed by atoms with E-state index in [2.05, 4.69) is 174 Å². The van der Waals surface area contributed by atoms with Gasteiger partial charge in [0.2, 0.25) is 0 Å². The van der Waals surface area contributed by atoms with Gasteiger partial charge in [0.25, 0.3) is 0 Å². The third-order valence-corrected chi connectivity index (χ3v) is 15.2. The molecule has 0 saturated heterocycles. The van der Waals surface area contributed by atoms with Crippen LogP contribution in [0.15, 0.2) is 162 Å². The third-order valence-electron chi connectivity index (χ3n) is 15.2. The summed E-state index contributed by atoms with van der Waals surface area (Å²) in [6.07, 6.45) is 6.61. The average molecular weight is 802 g/mol. The third kappa shape index (κ3) is 4.78. The number of aromatic nitrogens is 5. The van der Waals surface area contributed by atoms with Gasteiger partial charge in [-0.25, -0.2) is 15.0 Å². The van der Waals surface area contributed by atoms with Gasteiger partial charge in [-0.1, -0.05) is 110 Å². The van der Waals surface area contributed by atoms with E-state index in [1.165, 1.54) is 42.9 Å². The standard InChI is InChI=1S/C56H43N5O/c1-56(32-34-28-33-29-37(30-34)43(56)31-33)55-58-53(35-14-4-2-5-15-35)57-54(59-55)36-24-26-39(27-25-36)61-45-22-12-9-19-41(45)48-50(61)47-40-18-8-11-21-44(40)60(38-16-6-3-7-17-38)51(47)49-42-20-10-13-23-46(42)62-52(48)49/h2-27,33-34,37,43H,28-32H2,1H3. The van der Waals surface area contributed by atoms with E-state index in [-0.39, 0.29) is 5.41 Å². The lowest BCUT2D eigenvalue weighted by Crippen LogP contribution is -2.42. The zero-order chi connectivity index (χ0) is 40.7. The van der Waals surface area contributed by atoms with E-state index < -0.39 is 0 Å². The van der Waals surface area contributed by atoms with Gasteiger partial charge in [-0.2, -0.15) is 0 Å². The average Bonchev–Trinajstić information content (AvgIpc) is 4.05. The lowest BCUT2D eigenvalue weighted by molar-refractivity contribution is 0.0911. The minimum absolute atomic E-state index is 0.0603. The summed E-state index contributed by atoms with van der Waals surface area (Å²) >= 11 is 0. The molecule has 3 aliphatic carbocycles. The molecule has 0 N–H and O–H groups in total. The van der Waals surface area contributed by atoms with Crippen LogP contribution in [0, 0.1) is 23.7 Å². The molecule has 5 atom stereocenters. The van der Waals surface area contributed by atoms with Gasteiger partial charge in [-0.05, 0) is 110 Å². The van der Waals surface area contributed by atoms with E-state index in [1.54, 1.807) is 0 Å². The fourth-order valence-electron chi connectivity index (χ4n) is 12.9. The minimum atomic E-state index is -0.0603. The van der Waals surface area contributed by atoms with Crippen LogP contribution in [-0.4, -0.2) is 24.1 Å². The summed E-state index contributed by atoms with van der Waals surface area (Å²) in [6, 6.07) is 56.3. The Morgan fingerprint density at radius 2 is 1.05 bits per heavy atom.